The summed E-state index contributed by atoms with van der Waals surface area (Å²) in [6, 6.07) is 11.2. The van der Waals surface area contributed by atoms with Gasteiger partial charge in [0.15, 0.2) is 6.61 Å². The minimum absolute atomic E-state index is 0.0823. The topological polar surface area (TPSA) is 90.7 Å². The maximum atomic E-state index is 12.2. The summed E-state index contributed by atoms with van der Waals surface area (Å²) in [6.07, 6.45) is 0.659. The van der Waals surface area contributed by atoms with E-state index in [1.807, 2.05) is 18.2 Å². The van der Waals surface area contributed by atoms with Crippen LogP contribution >= 0.6 is 15.9 Å². The maximum Gasteiger partial charge on any atom is 0.273 e. The lowest BCUT2D eigenvalue weighted by Crippen LogP contribution is -2.35. The lowest BCUT2D eigenvalue weighted by molar-refractivity contribution is -0.384. The third-order valence-corrected chi connectivity index (χ3v) is 4.38. The molecule has 0 fully saturated rings. The molecule has 1 atom stereocenters. The van der Waals surface area contributed by atoms with E-state index >= 15 is 0 Å². The van der Waals surface area contributed by atoms with Crippen LogP contribution in [0, 0.1) is 10.1 Å². The zero-order valence-electron chi connectivity index (χ0n) is 13.1. The van der Waals surface area contributed by atoms with Crippen molar-refractivity contribution in [1.29, 1.82) is 0 Å². The lowest BCUT2D eigenvalue weighted by atomic mass is 10.0. The number of rotatable bonds is 5. The standard InChI is InChI=1S/C17H15BrN2O5/c18-14-6-2-5-13-15(7-8-24-17(13)14)19-16(21)10-25-12-4-1-3-11(9-12)20(22)23/h1-6,9,15H,7-8,10H2,(H,19,21)/t15-/m0/s1. The van der Waals surface area contributed by atoms with Gasteiger partial charge in [-0.2, -0.15) is 0 Å². The number of hydrogen-bond acceptors (Lipinski definition) is 5. The first-order chi connectivity index (χ1) is 12.0. The third-order valence-electron chi connectivity index (χ3n) is 3.76. The largest absolute Gasteiger partial charge is 0.492 e. The Balaban J connectivity index is 1.62. The zero-order valence-corrected chi connectivity index (χ0v) is 14.7. The van der Waals surface area contributed by atoms with E-state index in [2.05, 4.69) is 21.2 Å². The van der Waals surface area contributed by atoms with E-state index in [0.29, 0.717) is 13.0 Å². The Morgan fingerprint density at radius 1 is 1.36 bits per heavy atom. The molecule has 130 valence electrons. The number of hydrogen-bond donors (Lipinski definition) is 1. The van der Waals surface area contributed by atoms with Crippen LogP contribution in [0.2, 0.25) is 0 Å². The number of nitrogens with one attached hydrogen (secondary N) is 1. The van der Waals surface area contributed by atoms with Crippen molar-refractivity contribution in [3.63, 3.8) is 0 Å². The molecule has 0 saturated carbocycles. The van der Waals surface area contributed by atoms with Crippen molar-refractivity contribution < 1.29 is 19.2 Å². The summed E-state index contributed by atoms with van der Waals surface area (Å²) in [4.78, 5) is 22.4. The van der Waals surface area contributed by atoms with Gasteiger partial charge in [-0.1, -0.05) is 18.2 Å². The van der Waals surface area contributed by atoms with Gasteiger partial charge in [-0.05, 0) is 28.1 Å². The number of non-ortho nitro benzene ring substituents is 1. The predicted molar refractivity (Wildman–Crippen MR) is 93.7 cm³/mol. The van der Waals surface area contributed by atoms with Crippen LogP contribution in [-0.2, 0) is 4.79 Å². The Kier molecular flexibility index (Phi) is 5.18. The fourth-order valence-electron chi connectivity index (χ4n) is 2.61. The SMILES string of the molecule is O=C(COc1cccc([N+](=O)[O-])c1)N[C@H]1CCOc2c(Br)cccc21. The molecule has 0 spiro atoms. The first kappa shape index (κ1) is 17.2. The molecule has 0 aliphatic carbocycles. The van der Waals surface area contributed by atoms with Crippen molar-refractivity contribution >= 4 is 27.5 Å². The molecule has 0 bridgehead atoms. The molecular weight excluding hydrogens is 392 g/mol. The summed E-state index contributed by atoms with van der Waals surface area (Å²) in [6.45, 7) is 0.286. The van der Waals surface area contributed by atoms with E-state index < -0.39 is 4.92 Å². The van der Waals surface area contributed by atoms with E-state index in [4.69, 9.17) is 9.47 Å². The number of nitrogens with zero attached hydrogens (tertiary/aromatic N) is 1. The van der Waals surface area contributed by atoms with Crippen LogP contribution in [0.3, 0.4) is 0 Å². The minimum Gasteiger partial charge on any atom is -0.492 e. The van der Waals surface area contributed by atoms with Gasteiger partial charge in [-0.25, -0.2) is 0 Å². The van der Waals surface area contributed by atoms with Crippen molar-refractivity contribution in [2.45, 2.75) is 12.5 Å². The number of halogens is 1. The van der Waals surface area contributed by atoms with Crippen LogP contribution in [0.1, 0.15) is 18.0 Å². The van der Waals surface area contributed by atoms with E-state index in [1.165, 1.54) is 18.2 Å². The molecule has 2 aromatic rings. The van der Waals surface area contributed by atoms with Crippen molar-refractivity contribution in [2.75, 3.05) is 13.2 Å². The van der Waals surface area contributed by atoms with E-state index in [9.17, 15) is 14.9 Å². The van der Waals surface area contributed by atoms with Crippen LogP contribution in [0.15, 0.2) is 46.9 Å². The number of nitro benzene ring substituents is 1. The molecule has 1 aliphatic heterocycles. The highest BCUT2D eigenvalue weighted by atomic mass is 79.9. The summed E-state index contributed by atoms with van der Waals surface area (Å²) in [5.41, 5.74) is 0.824. The second-order valence-electron chi connectivity index (χ2n) is 5.46. The van der Waals surface area contributed by atoms with Crippen molar-refractivity contribution in [3.8, 4) is 11.5 Å². The van der Waals surface area contributed by atoms with E-state index in [1.54, 1.807) is 6.07 Å². The van der Waals surface area contributed by atoms with Crippen molar-refractivity contribution in [2.24, 2.45) is 0 Å². The lowest BCUT2D eigenvalue weighted by Gasteiger charge is -2.27. The Morgan fingerprint density at radius 2 is 2.16 bits per heavy atom. The fraction of sp³-hybridized carbons (Fsp3) is 0.235. The zero-order chi connectivity index (χ0) is 17.8. The number of fused-ring (bicyclic) bond motifs is 1. The Labute approximate surface area is 152 Å². The molecule has 0 radical (unpaired) electrons. The fourth-order valence-corrected chi connectivity index (χ4v) is 3.10. The monoisotopic (exact) mass is 406 g/mol. The number of para-hydroxylation sites is 1. The molecule has 0 saturated heterocycles. The summed E-state index contributed by atoms with van der Waals surface area (Å²) < 4.78 is 11.8. The molecule has 2 aromatic carbocycles. The van der Waals surface area contributed by atoms with Gasteiger partial charge in [-0.3, -0.25) is 14.9 Å². The van der Waals surface area contributed by atoms with Gasteiger partial charge in [0.2, 0.25) is 0 Å². The van der Waals surface area contributed by atoms with Gasteiger partial charge in [-0.15, -0.1) is 0 Å². The predicted octanol–water partition coefficient (Wildman–Crippen LogP) is 3.38. The van der Waals surface area contributed by atoms with Crippen LogP contribution in [0.5, 0.6) is 11.5 Å². The average molecular weight is 407 g/mol. The van der Waals surface area contributed by atoms with Gasteiger partial charge in [0.1, 0.15) is 11.5 Å². The number of carbonyl (C=O) groups excluding carboxylic acids is 1. The molecule has 7 nitrogen and oxygen atoms in total. The third kappa shape index (κ3) is 4.08. The van der Waals surface area contributed by atoms with E-state index in [0.717, 1.165) is 15.8 Å². The van der Waals surface area contributed by atoms with Gasteiger partial charge in [0.05, 0.1) is 28.1 Å². The van der Waals surface area contributed by atoms with Crippen LogP contribution < -0.4 is 14.8 Å². The highest BCUT2D eigenvalue weighted by Crippen LogP contribution is 2.37. The minimum atomic E-state index is -0.510. The van der Waals surface area contributed by atoms with Gasteiger partial charge in [0.25, 0.3) is 11.6 Å². The second kappa shape index (κ2) is 7.52. The van der Waals surface area contributed by atoms with Gasteiger partial charge < -0.3 is 14.8 Å². The van der Waals surface area contributed by atoms with Crippen LogP contribution in [-0.4, -0.2) is 24.0 Å². The summed E-state index contributed by atoms with van der Waals surface area (Å²) in [5.74, 6) is 0.711. The first-order valence-electron chi connectivity index (χ1n) is 7.62. The molecule has 8 heteroatoms. The Morgan fingerprint density at radius 3 is 2.96 bits per heavy atom. The highest BCUT2D eigenvalue weighted by molar-refractivity contribution is 9.10. The molecule has 1 amide bonds. The quantitative estimate of drug-likeness (QED) is 0.606. The van der Waals surface area contributed by atoms with Crippen LogP contribution in [0.25, 0.3) is 0 Å². The number of carbonyl (C=O) groups is 1. The molecular formula is C17H15BrN2O5. The molecule has 0 aromatic heterocycles. The van der Waals surface area contributed by atoms with Gasteiger partial charge >= 0.3 is 0 Å². The normalized spacial score (nSPS) is 15.6. The number of amides is 1. The first-order valence-corrected chi connectivity index (χ1v) is 8.41. The summed E-state index contributed by atoms with van der Waals surface area (Å²) >= 11 is 3.44. The molecule has 1 N–H and O–H groups in total. The molecule has 0 unspecified atom stereocenters. The maximum absolute atomic E-state index is 12.2. The highest BCUT2D eigenvalue weighted by Gasteiger charge is 2.24. The van der Waals surface area contributed by atoms with Crippen molar-refractivity contribution in [1.82, 2.24) is 5.32 Å². The molecule has 1 aliphatic rings. The van der Waals surface area contributed by atoms with Crippen molar-refractivity contribution in [3.05, 3.63) is 62.6 Å². The number of benzene rings is 2. The Hall–Kier alpha value is -2.61. The van der Waals surface area contributed by atoms with Crippen LogP contribution in [0.4, 0.5) is 5.69 Å². The molecule has 1 heterocycles. The second-order valence-corrected chi connectivity index (χ2v) is 6.31. The molecule has 25 heavy (non-hydrogen) atoms. The number of ether oxygens (including phenoxy) is 2. The smallest absolute Gasteiger partial charge is 0.273 e. The average Bonchev–Trinajstić information content (AvgIpc) is 2.61. The Bertz CT molecular complexity index is 811. The summed E-state index contributed by atoms with van der Waals surface area (Å²) in [5, 5.41) is 13.7. The van der Waals surface area contributed by atoms with Gasteiger partial charge in [0, 0.05) is 18.1 Å². The van der Waals surface area contributed by atoms with E-state index in [-0.39, 0.29) is 30.0 Å². The number of nitro groups is 1. The molecule has 3 rings (SSSR count). The summed E-state index contributed by atoms with van der Waals surface area (Å²) in [7, 11) is 0.